The van der Waals surface area contributed by atoms with E-state index in [0.29, 0.717) is 11.5 Å². The van der Waals surface area contributed by atoms with Gasteiger partial charge in [-0.1, -0.05) is 5.76 Å². The van der Waals surface area contributed by atoms with E-state index in [2.05, 4.69) is 4.74 Å². The Morgan fingerprint density at radius 2 is 2.00 bits per heavy atom. The number of rotatable bonds is 5. The molecule has 0 heterocycles. The zero-order chi connectivity index (χ0) is 13.5. The summed E-state index contributed by atoms with van der Waals surface area (Å²) in [7, 11) is 2.94. The van der Waals surface area contributed by atoms with Crippen molar-refractivity contribution in [3.63, 3.8) is 0 Å². The fraction of sp³-hybridized carbons (Fsp3) is 0.308. The third-order valence-electron chi connectivity index (χ3n) is 2.21. The molecule has 0 atom stereocenters. The molecule has 1 aromatic carbocycles. The second kappa shape index (κ2) is 8.85. The Balaban J connectivity index is 0.00000324. The SMILES string of the molecule is CCOC(=O)/C=C(\[O-])c1cc(OC)ccc1OC.[Na+]. The number of methoxy groups -OCH3 is 2. The summed E-state index contributed by atoms with van der Waals surface area (Å²) >= 11 is 0. The van der Waals surface area contributed by atoms with E-state index in [9.17, 15) is 9.90 Å². The van der Waals surface area contributed by atoms with Crippen molar-refractivity contribution in [2.75, 3.05) is 20.8 Å². The molecule has 0 saturated heterocycles. The van der Waals surface area contributed by atoms with Crippen molar-refractivity contribution in [2.45, 2.75) is 6.92 Å². The van der Waals surface area contributed by atoms with Gasteiger partial charge in [0.2, 0.25) is 0 Å². The molecule has 5 nitrogen and oxygen atoms in total. The second-order valence-electron chi connectivity index (χ2n) is 3.33. The average molecular weight is 274 g/mol. The molecule has 0 fully saturated rings. The van der Waals surface area contributed by atoms with Crippen LogP contribution in [-0.4, -0.2) is 26.8 Å². The van der Waals surface area contributed by atoms with Crippen molar-refractivity contribution < 1.29 is 53.7 Å². The van der Waals surface area contributed by atoms with Gasteiger partial charge in [0.15, 0.2) is 0 Å². The van der Waals surface area contributed by atoms with Crippen LogP contribution in [0.5, 0.6) is 11.5 Å². The van der Waals surface area contributed by atoms with E-state index in [1.165, 1.54) is 20.3 Å². The topological polar surface area (TPSA) is 67.8 Å². The minimum absolute atomic E-state index is 0. The third kappa shape index (κ3) is 5.14. The van der Waals surface area contributed by atoms with Gasteiger partial charge in [-0.3, -0.25) is 0 Å². The molecule has 0 aliphatic rings. The number of carbonyl (C=O) groups excluding carboxylic acids is 1. The summed E-state index contributed by atoms with van der Waals surface area (Å²) in [6, 6.07) is 4.78. The monoisotopic (exact) mass is 274 g/mol. The second-order valence-corrected chi connectivity index (χ2v) is 3.33. The first-order chi connectivity index (χ1) is 8.62. The smallest absolute Gasteiger partial charge is 0.872 e. The predicted octanol–water partition coefficient (Wildman–Crippen LogP) is -2.03. The number of hydrogen-bond donors (Lipinski definition) is 0. The summed E-state index contributed by atoms with van der Waals surface area (Å²) in [4.78, 5) is 11.2. The third-order valence-corrected chi connectivity index (χ3v) is 2.21. The zero-order valence-electron chi connectivity index (χ0n) is 11.6. The largest absolute Gasteiger partial charge is 1.00 e. The molecule has 0 bridgehead atoms. The molecule has 0 aromatic heterocycles. The Morgan fingerprint density at radius 1 is 1.32 bits per heavy atom. The van der Waals surface area contributed by atoms with Gasteiger partial charge in [0.1, 0.15) is 11.5 Å². The van der Waals surface area contributed by atoms with Gasteiger partial charge in [-0.05, 0) is 25.1 Å². The first-order valence-corrected chi connectivity index (χ1v) is 5.40. The number of esters is 1. The van der Waals surface area contributed by atoms with Crippen molar-refractivity contribution in [3.8, 4) is 11.5 Å². The quantitative estimate of drug-likeness (QED) is 0.268. The summed E-state index contributed by atoms with van der Waals surface area (Å²) in [5.74, 6) is -0.269. The maximum absolute atomic E-state index is 11.9. The van der Waals surface area contributed by atoms with Crippen molar-refractivity contribution in [2.24, 2.45) is 0 Å². The molecule has 0 N–H and O–H groups in total. The van der Waals surface area contributed by atoms with Gasteiger partial charge in [0, 0.05) is 11.6 Å². The molecule has 0 saturated carbocycles. The van der Waals surface area contributed by atoms with Gasteiger partial charge in [0.25, 0.3) is 0 Å². The van der Waals surface area contributed by atoms with E-state index in [0.717, 1.165) is 6.08 Å². The molecule has 0 amide bonds. The summed E-state index contributed by atoms with van der Waals surface area (Å²) < 4.78 is 14.8. The molecule has 19 heavy (non-hydrogen) atoms. The van der Waals surface area contributed by atoms with Crippen LogP contribution in [0.2, 0.25) is 0 Å². The predicted molar refractivity (Wildman–Crippen MR) is 64.2 cm³/mol. The molecule has 0 aliphatic heterocycles. The molecule has 0 spiro atoms. The first kappa shape index (κ1) is 17.8. The van der Waals surface area contributed by atoms with E-state index in [1.807, 2.05) is 0 Å². The van der Waals surface area contributed by atoms with Gasteiger partial charge in [0.05, 0.1) is 20.8 Å². The Morgan fingerprint density at radius 3 is 2.53 bits per heavy atom. The summed E-state index contributed by atoms with van der Waals surface area (Å²) in [6.45, 7) is 1.89. The van der Waals surface area contributed by atoms with Crippen molar-refractivity contribution in [1.29, 1.82) is 0 Å². The molecule has 6 heteroatoms. The molecular weight excluding hydrogens is 259 g/mol. The van der Waals surface area contributed by atoms with Gasteiger partial charge in [-0.2, -0.15) is 0 Å². The molecule has 1 aromatic rings. The number of carbonyl (C=O) groups is 1. The maximum atomic E-state index is 11.9. The van der Waals surface area contributed by atoms with Crippen LogP contribution >= 0.6 is 0 Å². The van der Waals surface area contributed by atoms with Crippen LogP contribution in [-0.2, 0) is 9.53 Å². The van der Waals surface area contributed by atoms with E-state index < -0.39 is 11.7 Å². The Bertz CT molecular complexity index is 456. The minimum Gasteiger partial charge on any atom is -0.872 e. The Labute approximate surface area is 134 Å². The first-order valence-electron chi connectivity index (χ1n) is 5.40. The molecule has 0 radical (unpaired) electrons. The van der Waals surface area contributed by atoms with Crippen molar-refractivity contribution in [3.05, 3.63) is 29.8 Å². The van der Waals surface area contributed by atoms with Crippen LogP contribution in [0.1, 0.15) is 12.5 Å². The number of benzene rings is 1. The summed E-state index contributed by atoms with van der Waals surface area (Å²) in [5.41, 5.74) is 0.255. The summed E-state index contributed by atoms with van der Waals surface area (Å²) in [5, 5.41) is 11.9. The maximum Gasteiger partial charge on any atom is 1.00 e. The molecule has 0 aliphatic carbocycles. The van der Waals surface area contributed by atoms with E-state index in [1.54, 1.807) is 19.1 Å². The fourth-order valence-electron chi connectivity index (χ4n) is 1.38. The van der Waals surface area contributed by atoms with Gasteiger partial charge < -0.3 is 19.3 Å². The molecule has 98 valence electrons. The zero-order valence-corrected chi connectivity index (χ0v) is 13.6. The molecular formula is C13H15NaO5. The van der Waals surface area contributed by atoms with Crippen LogP contribution in [0.25, 0.3) is 5.76 Å². The van der Waals surface area contributed by atoms with Crippen LogP contribution in [0.4, 0.5) is 0 Å². The average Bonchev–Trinajstić information content (AvgIpc) is 2.38. The fourth-order valence-corrected chi connectivity index (χ4v) is 1.38. The number of ether oxygens (including phenoxy) is 3. The summed E-state index contributed by atoms with van der Waals surface area (Å²) in [6.07, 6.45) is 0.890. The van der Waals surface area contributed by atoms with E-state index >= 15 is 0 Å². The Kier molecular flexibility index (Phi) is 8.30. The standard InChI is InChI=1S/C13H16O5.Na/c1-4-18-13(15)8-11(14)10-7-9(16-2)5-6-12(10)17-3;/h5-8,14H,4H2,1-3H3;/q;+1/p-1/b11-8-;. The van der Waals surface area contributed by atoms with Gasteiger partial charge in [-0.25, -0.2) is 4.79 Å². The van der Waals surface area contributed by atoms with Gasteiger partial charge >= 0.3 is 35.5 Å². The molecule has 1 rings (SSSR count). The van der Waals surface area contributed by atoms with Crippen LogP contribution in [0.15, 0.2) is 24.3 Å². The van der Waals surface area contributed by atoms with Crippen molar-refractivity contribution in [1.82, 2.24) is 0 Å². The van der Waals surface area contributed by atoms with E-state index in [4.69, 9.17) is 9.47 Å². The van der Waals surface area contributed by atoms with Crippen LogP contribution < -0.4 is 44.1 Å². The van der Waals surface area contributed by atoms with E-state index in [-0.39, 0.29) is 41.7 Å². The normalized spacial score (nSPS) is 10.4. The minimum atomic E-state index is -0.674. The van der Waals surface area contributed by atoms with Gasteiger partial charge in [-0.15, -0.1) is 0 Å². The van der Waals surface area contributed by atoms with Crippen LogP contribution in [0, 0.1) is 0 Å². The van der Waals surface area contributed by atoms with Crippen LogP contribution in [0.3, 0.4) is 0 Å². The number of hydrogen-bond acceptors (Lipinski definition) is 5. The Hall–Kier alpha value is -1.17. The molecule has 0 unspecified atom stereocenters. The van der Waals surface area contributed by atoms with Crippen molar-refractivity contribution >= 4 is 11.7 Å².